The number of nitrogens with zero attached hydrogens (tertiary/aromatic N) is 2. The van der Waals surface area contributed by atoms with Gasteiger partial charge in [-0.15, -0.1) is 0 Å². The largest absolute Gasteiger partial charge is 0.390 e. The standard InChI is InChI=1S/C37H62N2O5/c1-22(2)32(41)39-16-17-42-28(20-39)44-27-12-13-36-21-37(36)15-14-34(6)29-23(3)18-24(19-38(8)9)43-30(29)31(40)35(34,7)26(37)11-10-25(36)33(27,4)5/h22-31,40H,10-21H2,1-9H3/t23-,24?,25+,26?,27?,28+,29?,30?,31+,34-,35-,36-,37+/m1/s1. The fourth-order valence-electron chi connectivity index (χ4n) is 13.6. The van der Waals surface area contributed by atoms with Gasteiger partial charge < -0.3 is 29.1 Å². The highest BCUT2D eigenvalue weighted by Gasteiger charge is 2.84. The van der Waals surface area contributed by atoms with Crippen molar-refractivity contribution in [3.05, 3.63) is 0 Å². The number of hydrogen-bond acceptors (Lipinski definition) is 6. The fraction of sp³-hybridized carbons (Fsp3) is 0.973. The van der Waals surface area contributed by atoms with Gasteiger partial charge in [0.25, 0.3) is 0 Å². The Morgan fingerprint density at radius 1 is 1.05 bits per heavy atom. The molecule has 44 heavy (non-hydrogen) atoms. The van der Waals surface area contributed by atoms with Crippen LogP contribution in [0, 0.1) is 56.7 Å². The van der Waals surface area contributed by atoms with Gasteiger partial charge in [0.1, 0.15) is 0 Å². The molecule has 5 aliphatic carbocycles. The highest BCUT2D eigenvalue weighted by molar-refractivity contribution is 5.78. The second kappa shape index (κ2) is 10.4. The summed E-state index contributed by atoms with van der Waals surface area (Å²) in [6, 6.07) is 0. The summed E-state index contributed by atoms with van der Waals surface area (Å²) in [5.41, 5.74) is 0.746. The van der Waals surface area contributed by atoms with E-state index in [0.717, 1.165) is 19.4 Å². The molecule has 13 atom stereocenters. The fourth-order valence-corrected chi connectivity index (χ4v) is 13.6. The summed E-state index contributed by atoms with van der Waals surface area (Å²) in [5, 5.41) is 12.4. The maximum absolute atomic E-state index is 12.7. The quantitative estimate of drug-likeness (QED) is 0.436. The minimum absolute atomic E-state index is 0.00300. The lowest BCUT2D eigenvalue weighted by molar-refractivity contribution is -0.248. The van der Waals surface area contributed by atoms with Gasteiger partial charge in [-0.2, -0.15) is 0 Å². The van der Waals surface area contributed by atoms with Crippen LogP contribution in [0.1, 0.15) is 99.8 Å². The summed E-state index contributed by atoms with van der Waals surface area (Å²) < 4.78 is 19.8. The van der Waals surface area contributed by atoms with Crippen molar-refractivity contribution < 1.29 is 24.1 Å². The Morgan fingerprint density at radius 3 is 2.45 bits per heavy atom. The van der Waals surface area contributed by atoms with Crippen LogP contribution in [0.5, 0.6) is 0 Å². The van der Waals surface area contributed by atoms with E-state index < -0.39 is 6.10 Å². The van der Waals surface area contributed by atoms with Crippen molar-refractivity contribution in [1.29, 1.82) is 0 Å². The van der Waals surface area contributed by atoms with Crippen LogP contribution in [-0.4, -0.2) is 91.9 Å². The van der Waals surface area contributed by atoms with E-state index in [1.165, 1.54) is 38.5 Å². The molecule has 0 aromatic rings. The van der Waals surface area contributed by atoms with E-state index in [1.54, 1.807) is 0 Å². The topological polar surface area (TPSA) is 71.5 Å². The Bertz CT molecular complexity index is 1140. The number of ether oxygens (including phenoxy) is 3. The van der Waals surface area contributed by atoms with Crippen LogP contribution >= 0.6 is 0 Å². The SMILES string of the molecule is CC(C)C(=O)N1CCO[C@@H](OC2CC[C@]34C[C@]35CC[C@]3(C)C6C(OC(CN(C)C)C[C@H]6C)[C@H](O)[C@@]3(C)C5CC[C@H]4C2(C)C)C1. The van der Waals surface area contributed by atoms with E-state index in [0.29, 0.717) is 54.2 Å². The lowest BCUT2D eigenvalue weighted by atomic mass is 9.41. The summed E-state index contributed by atoms with van der Waals surface area (Å²) in [6.45, 7) is 19.0. The molecule has 0 bridgehead atoms. The molecule has 7 aliphatic rings. The van der Waals surface area contributed by atoms with Crippen molar-refractivity contribution in [1.82, 2.24) is 9.80 Å². The van der Waals surface area contributed by atoms with E-state index >= 15 is 0 Å². The first kappa shape index (κ1) is 31.8. The Morgan fingerprint density at radius 2 is 1.75 bits per heavy atom. The van der Waals surface area contributed by atoms with E-state index in [1.807, 2.05) is 18.7 Å². The highest BCUT2D eigenvalue weighted by Crippen LogP contribution is 2.89. The number of rotatable bonds is 5. The van der Waals surface area contributed by atoms with Crippen molar-refractivity contribution in [3.8, 4) is 0 Å². The number of carbonyl (C=O) groups excluding carboxylic acids is 1. The van der Waals surface area contributed by atoms with Crippen molar-refractivity contribution in [2.75, 3.05) is 40.3 Å². The number of aliphatic hydroxyl groups excluding tert-OH is 1. The molecule has 7 fully saturated rings. The predicted octanol–water partition coefficient (Wildman–Crippen LogP) is 5.59. The minimum atomic E-state index is -0.395. The first-order valence-electron chi connectivity index (χ1n) is 18.2. The monoisotopic (exact) mass is 614 g/mol. The van der Waals surface area contributed by atoms with Gasteiger partial charge in [-0.3, -0.25) is 4.79 Å². The second-order valence-electron chi connectivity index (χ2n) is 18.3. The molecule has 7 rings (SSSR count). The smallest absolute Gasteiger partial charge is 0.225 e. The van der Waals surface area contributed by atoms with Gasteiger partial charge in [0, 0.05) is 24.4 Å². The van der Waals surface area contributed by atoms with Crippen LogP contribution in [0.25, 0.3) is 0 Å². The normalized spacial score (nSPS) is 52.5. The summed E-state index contributed by atoms with van der Waals surface area (Å²) in [5.74, 6) is 2.37. The lowest BCUT2D eigenvalue weighted by Gasteiger charge is -2.64. The third kappa shape index (κ3) is 4.13. The highest BCUT2D eigenvalue weighted by atomic mass is 16.7. The number of fused-ring (bicyclic) bond motifs is 4. The van der Waals surface area contributed by atoms with E-state index in [-0.39, 0.29) is 52.7 Å². The van der Waals surface area contributed by atoms with Crippen LogP contribution in [0.3, 0.4) is 0 Å². The zero-order valence-electron chi connectivity index (χ0n) is 29.2. The minimum Gasteiger partial charge on any atom is -0.390 e. The van der Waals surface area contributed by atoms with E-state index in [2.05, 4.69) is 53.6 Å². The summed E-state index contributed by atoms with van der Waals surface area (Å²) >= 11 is 0. The summed E-state index contributed by atoms with van der Waals surface area (Å²) in [7, 11) is 4.27. The Balaban J connectivity index is 1.11. The molecule has 0 radical (unpaired) electrons. The van der Waals surface area contributed by atoms with E-state index in [4.69, 9.17) is 14.2 Å². The van der Waals surface area contributed by atoms with Gasteiger partial charge >= 0.3 is 0 Å². The lowest BCUT2D eigenvalue weighted by Crippen LogP contribution is -2.60. The average molecular weight is 615 g/mol. The molecular formula is C37H62N2O5. The molecule has 2 spiro atoms. The van der Waals surface area contributed by atoms with Gasteiger partial charge in [-0.25, -0.2) is 0 Å². The molecule has 5 saturated carbocycles. The molecule has 0 aromatic heterocycles. The number of carbonyl (C=O) groups is 1. The summed E-state index contributed by atoms with van der Waals surface area (Å²) in [4.78, 5) is 16.9. The van der Waals surface area contributed by atoms with Gasteiger partial charge in [0.15, 0.2) is 6.29 Å². The zero-order valence-corrected chi connectivity index (χ0v) is 29.2. The average Bonchev–Trinajstić information content (AvgIpc) is 3.59. The number of hydrogen-bond donors (Lipinski definition) is 1. The molecule has 250 valence electrons. The van der Waals surface area contributed by atoms with Crippen molar-refractivity contribution in [2.45, 2.75) is 131 Å². The van der Waals surface area contributed by atoms with Crippen LogP contribution in [0.4, 0.5) is 0 Å². The number of likely N-dealkylation sites (N-methyl/N-ethyl adjacent to an activating group) is 1. The van der Waals surface area contributed by atoms with Gasteiger partial charge in [-0.1, -0.05) is 48.5 Å². The molecule has 1 amide bonds. The number of amides is 1. The molecule has 5 unspecified atom stereocenters. The predicted molar refractivity (Wildman–Crippen MR) is 171 cm³/mol. The van der Waals surface area contributed by atoms with Crippen molar-refractivity contribution in [3.63, 3.8) is 0 Å². The Kier molecular flexibility index (Phi) is 7.52. The maximum atomic E-state index is 12.7. The van der Waals surface area contributed by atoms with Crippen LogP contribution in [-0.2, 0) is 19.0 Å². The summed E-state index contributed by atoms with van der Waals surface area (Å²) in [6.07, 6.45) is 9.23. The van der Waals surface area contributed by atoms with Crippen molar-refractivity contribution >= 4 is 5.91 Å². The van der Waals surface area contributed by atoms with Crippen molar-refractivity contribution in [2.24, 2.45) is 56.7 Å². The molecule has 2 heterocycles. The van der Waals surface area contributed by atoms with Crippen LogP contribution < -0.4 is 0 Å². The maximum Gasteiger partial charge on any atom is 0.225 e. The zero-order chi connectivity index (χ0) is 31.6. The van der Waals surface area contributed by atoms with Gasteiger partial charge in [0.2, 0.25) is 5.91 Å². The number of morpholine rings is 1. The molecular weight excluding hydrogens is 552 g/mol. The van der Waals surface area contributed by atoms with Gasteiger partial charge in [-0.05, 0) is 111 Å². The third-order valence-electron chi connectivity index (χ3n) is 15.5. The molecule has 7 nitrogen and oxygen atoms in total. The molecule has 0 aromatic carbocycles. The van der Waals surface area contributed by atoms with E-state index in [9.17, 15) is 9.90 Å². The first-order chi connectivity index (χ1) is 20.6. The Hall–Kier alpha value is -0.730. The van der Waals surface area contributed by atoms with Gasteiger partial charge in [0.05, 0.1) is 37.6 Å². The molecule has 1 N–H and O–H groups in total. The molecule has 7 heteroatoms. The third-order valence-corrected chi connectivity index (χ3v) is 15.5. The van der Waals surface area contributed by atoms with Crippen LogP contribution in [0.15, 0.2) is 0 Å². The molecule has 2 aliphatic heterocycles. The molecule has 2 saturated heterocycles. The van der Waals surface area contributed by atoms with Crippen LogP contribution in [0.2, 0.25) is 0 Å². The Labute approximate surface area is 267 Å². The first-order valence-corrected chi connectivity index (χ1v) is 18.2. The number of aliphatic hydroxyl groups is 1. The second-order valence-corrected chi connectivity index (χ2v) is 18.3.